The topological polar surface area (TPSA) is 53.0 Å². The summed E-state index contributed by atoms with van der Waals surface area (Å²) in [5.41, 5.74) is 0.546. The Bertz CT molecular complexity index is 484. The van der Waals surface area contributed by atoms with Crippen molar-refractivity contribution in [1.82, 2.24) is 9.80 Å². The van der Waals surface area contributed by atoms with Crippen LogP contribution in [0.15, 0.2) is 30.3 Å². The second kappa shape index (κ2) is 7.11. The van der Waals surface area contributed by atoms with Crippen LogP contribution in [0.4, 0.5) is 4.79 Å². The molecule has 0 aromatic heterocycles. The fraction of sp³-hybridized carbons (Fsp3) is 0.588. The first-order valence-corrected chi connectivity index (χ1v) is 7.76. The number of ether oxygens (including phenoxy) is 1. The summed E-state index contributed by atoms with van der Waals surface area (Å²) in [4.78, 5) is 16.2. The molecular formula is C17H26N2O3. The van der Waals surface area contributed by atoms with Gasteiger partial charge in [0.2, 0.25) is 0 Å². The lowest BCUT2D eigenvalue weighted by Gasteiger charge is -2.30. The van der Waals surface area contributed by atoms with E-state index >= 15 is 0 Å². The van der Waals surface area contributed by atoms with E-state index in [1.165, 1.54) is 0 Å². The van der Waals surface area contributed by atoms with Crippen LogP contribution < -0.4 is 0 Å². The van der Waals surface area contributed by atoms with Crippen molar-refractivity contribution >= 4 is 6.09 Å². The average Bonchev–Trinajstić information content (AvgIpc) is 2.83. The molecule has 1 heterocycles. The molecule has 0 spiro atoms. The molecule has 1 unspecified atom stereocenters. The maximum absolute atomic E-state index is 12.4. The number of amides is 1. The first kappa shape index (κ1) is 16.8. The quantitative estimate of drug-likeness (QED) is 0.928. The van der Waals surface area contributed by atoms with Crippen LogP contribution in [0.5, 0.6) is 0 Å². The summed E-state index contributed by atoms with van der Waals surface area (Å²) < 4.78 is 5.51. The largest absolute Gasteiger partial charge is 0.444 e. The van der Waals surface area contributed by atoms with Gasteiger partial charge in [-0.15, -0.1) is 0 Å². The summed E-state index contributed by atoms with van der Waals surface area (Å²) in [6.07, 6.45) is 0.142. The maximum Gasteiger partial charge on any atom is 0.411 e. The molecule has 0 saturated carbocycles. The number of carbonyl (C=O) groups is 1. The van der Waals surface area contributed by atoms with Gasteiger partial charge in [-0.2, -0.15) is 0 Å². The third kappa shape index (κ3) is 5.31. The molecule has 1 atom stereocenters. The number of nitrogens with zero attached hydrogens (tertiary/aromatic N) is 2. The average molecular weight is 306 g/mol. The van der Waals surface area contributed by atoms with Crippen molar-refractivity contribution in [2.75, 3.05) is 19.8 Å². The molecule has 1 saturated heterocycles. The second-order valence-corrected chi connectivity index (χ2v) is 6.82. The lowest BCUT2D eigenvalue weighted by molar-refractivity contribution is 0.0115. The van der Waals surface area contributed by atoms with Gasteiger partial charge < -0.3 is 9.84 Å². The molecule has 1 fully saturated rings. The summed E-state index contributed by atoms with van der Waals surface area (Å²) in [7, 11) is 0. The summed E-state index contributed by atoms with van der Waals surface area (Å²) >= 11 is 0. The lowest BCUT2D eigenvalue weighted by Crippen LogP contribution is -2.43. The second-order valence-electron chi connectivity index (χ2n) is 6.82. The fourth-order valence-corrected chi connectivity index (χ4v) is 2.48. The van der Waals surface area contributed by atoms with E-state index in [9.17, 15) is 9.90 Å². The summed E-state index contributed by atoms with van der Waals surface area (Å²) in [6, 6.07) is 9.87. The number of carbonyl (C=O) groups excluding carboxylic acids is 1. The Hall–Kier alpha value is -1.59. The van der Waals surface area contributed by atoms with Crippen molar-refractivity contribution in [3.8, 4) is 0 Å². The third-order valence-corrected chi connectivity index (χ3v) is 3.49. The van der Waals surface area contributed by atoms with E-state index in [0.717, 1.165) is 18.5 Å². The lowest BCUT2D eigenvalue weighted by atomic mass is 10.2. The van der Waals surface area contributed by atoms with Gasteiger partial charge in [0, 0.05) is 13.1 Å². The minimum absolute atomic E-state index is 0.294. The molecule has 1 aromatic carbocycles. The first-order valence-electron chi connectivity index (χ1n) is 7.76. The molecule has 5 nitrogen and oxygen atoms in total. The zero-order chi connectivity index (χ0) is 16.2. The summed E-state index contributed by atoms with van der Waals surface area (Å²) in [6.45, 7) is 7.98. The Kier molecular flexibility index (Phi) is 5.42. The van der Waals surface area contributed by atoms with Crippen molar-refractivity contribution in [3.63, 3.8) is 0 Å². The smallest absolute Gasteiger partial charge is 0.411 e. The number of hydrogen-bond acceptors (Lipinski definition) is 4. The summed E-state index contributed by atoms with van der Waals surface area (Å²) in [5, 5.41) is 9.65. The molecule has 22 heavy (non-hydrogen) atoms. The Morgan fingerprint density at radius 3 is 2.59 bits per heavy atom. The van der Waals surface area contributed by atoms with E-state index in [1.807, 2.05) is 51.1 Å². The predicted molar refractivity (Wildman–Crippen MR) is 85.3 cm³/mol. The fourth-order valence-electron chi connectivity index (χ4n) is 2.48. The minimum Gasteiger partial charge on any atom is -0.444 e. The molecule has 0 radical (unpaired) electrons. The van der Waals surface area contributed by atoms with Crippen molar-refractivity contribution in [1.29, 1.82) is 0 Å². The van der Waals surface area contributed by atoms with E-state index in [-0.39, 0.29) is 12.2 Å². The van der Waals surface area contributed by atoms with Crippen molar-refractivity contribution in [3.05, 3.63) is 35.9 Å². The van der Waals surface area contributed by atoms with Crippen LogP contribution in [0.2, 0.25) is 0 Å². The van der Waals surface area contributed by atoms with Crippen LogP contribution in [0, 0.1) is 0 Å². The van der Waals surface area contributed by atoms with Gasteiger partial charge in [0.25, 0.3) is 0 Å². The molecule has 1 aliphatic rings. The molecule has 2 rings (SSSR count). The Balaban J connectivity index is 2.04. The normalized spacial score (nSPS) is 19.2. The van der Waals surface area contributed by atoms with Gasteiger partial charge in [-0.25, -0.2) is 4.79 Å². The predicted octanol–water partition coefficient (Wildman–Crippen LogP) is 2.45. The van der Waals surface area contributed by atoms with Crippen LogP contribution in [0.1, 0.15) is 32.8 Å². The molecule has 1 amide bonds. The minimum atomic E-state index is -0.517. The standard InChI is InChI=1S/C17H26N2O3/c1-17(2,3)22-16(21)19(11-14-7-5-4-6-8-14)13-18-10-9-15(20)12-18/h4-8,15,20H,9-13H2,1-3H3. The number of rotatable bonds is 4. The highest BCUT2D eigenvalue weighted by Crippen LogP contribution is 2.15. The first-order chi connectivity index (χ1) is 10.3. The van der Waals surface area contributed by atoms with Gasteiger partial charge in [0.15, 0.2) is 0 Å². The molecule has 122 valence electrons. The van der Waals surface area contributed by atoms with Crippen LogP contribution in [0.25, 0.3) is 0 Å². The van der Waals surface area contributed by atoms with Gasteiger partial charge in [-0.3, -0.25) is 9.80 Å². The van der Waals surface area contributed by atoms with E-state index in [2.05, 4.69) is 4.90 Å². The number of benzene rings is 1. The number of aliphatic hydroxyl groups excluding tert-OH is 1. The van der Waals surface area contributed by atoms with Gasteiger partial charge in [-0.05, 0) is 32.8 Å². The molecule has 0 aliphatic carbocycles. The third-order valence-electron chi connectivity index (χ3n) is 3.49. The molecular weight excluding hydrogens is 280 g/mol. The molecule has 1 aliphatic heterocycles. The zero-order valence-electron chi connectivity index (χ0n) is 13.7. The zero-order valence-corrected chi connectivity index (χ0v) is 13.7. The number of aliphatic hydroxyl groups is 1. The highest BCUT2D eigenvalue weighted by Gasteiger charge is 2.27. The van der Waals surface area contributed by atoms with Crippen LogP contribution in [-0.4, -0.2) is 52.5 Å². The van der Waals surface area contributed by atoms with Crippen molar-refractivity contribution in [2.24, 2.45) is 0 Å². The highest BCUT2D eigenvalue weighted by atomic mass is 16.6. The SMILES string of the molecule is CC(C)(C)OC(=O)N(Cc1ccccc1)CN1CCC(O)C1. The van der Waals surface area contributed by atoms with Crippen LogP contribution in [-0.2, 0) is 11.3 Å². The van der Waals surface area contributed by atoms with E-state index in [0.29, 0.717) is 19.8 Å². The molecule has 0 bridgehead atoms. The maximum atomic E-state index is 12.4. The monoisotopic (exact) mass is 306 g/mol. The number of hydrogen-bond donors (Lipinski definition) is 1. The van der Waals surface area contributed by atoms with Gasteiger partial charge in [-0.1, -0.05) is 30.3 Å². The Labute approximate surface area is 132 Å². The molecule has 1 aromatic rings. The molecule has 5 heteroatoms. The van der Waals surface area contributed by atoms with E-state index in [1.54, 1.807) is 4.90 Å². The number of likely N-dealkylation sites (tertiary alicyclic amines) is 1. The van der Waals surface area contributed by atoms with Crippen molar-refractivity contribution < 1.29 is 14.6 Å². The molecule has 1 N–H and O–H groups in total. The highest BCUT2D eigenvalue weighted by molar-refractivity contribution is 5.68. The summed E-state index contributed by atoms with van der Waals surface area (Å²) in [5.74, 6) is 0. The van der Waals surface area contributed by atoms with Gasteiger partial charge in [0.1, 0.15) is 5.60 Å². The van der Waals surface area contributed by atoms with E-state index in [4.69, 9.17) is 4.74 Å². The van der Waals surface area contributed by atoms with Crippen LogP contribution >= 0.6 is 0 Å². The Morgan fingerprint density at radius 2 is 2.05 bits per heavy atom. The van der Waals surface area contributed by atoms with E-state index < -0.39 is 5.60 Å². The van der Waals surface area contributed by atoms with Crippen molar-refractivity contribution in [2.45, 2.75) is 45.4 Å². The van der Waals surface area contributed by atoms with Gasteiger partial charge >= 0.3 is 6.09 Å². The number of β-amino-alcohol motifs (C(OH)–C–C–N with tert-alkyl or cyclic N) is 1. The van der Waals surface area contributed by atoms with Crippen LogP contribution in [0.3, 0.4) is 0 Å². The Morgan fingerprint density at radius 1 is 1.36 bits per heavy atom. The van der Waals surface area contributed by atoms with Gasteiger partial charge in [0.05, 0.1) is 19.3 Å².